The monoisotopic (exact) mass is 244 g/mol. The van der Waals surface area contributed by atoms with Crippen LogP contribution in [0.25, 0.3) is 0 Å². The molecule has 0 saturated heterocycles. The summed E-state index contributed by atoms with van der Waals surface area (Å²) in [6.07, 6.45) is 1.79. The van der Waals surface area contributed by atoms with Crippen LogP contribution < -0.4 is 10.5 Å². The van der Waals surface area contributed by atoms with Gasteiger partial charge in [-0.3, -0.25) is 0 Å². The first-order valence-corrected chi connectivity index (χ1v) is 6.80. The minimum Gasteiger partial charge on any atom is -0.447 e. The molecule has 0 aromatic carbocycles. The Labute approximate surface area is 95.1 Å². The van der Waals surface area contributed by atoms with Crippen LogP contribution in [0.1, 0.15) is 25.5 Å². The van der Waals surface area contributed by atoms with Gasteiger partial charge in [0.05, 0.1) is 6.54 Å². The van der Waals surface area contributed by atoms with Gasteiger partial charge < -0.3 is 10.2 Å². The Kier molecular flexibility index (Phi) is 3.05. The Morgan fingerprint density at radius 1 is 1.50 bits per heavy atom. The van der Waals surface area contributed by atoms with Crippen LogP contribution in [0.5, 0.6) is 0 Å². The molecule has 5 nitrogen and oxygen atoms in total. The first-order chi connectivity index (χ1) is 7.51. The van der Waals surface area contributed by atoms with E-state index in [0.29, 0.717) is 11.7 Å². The lowest BCUT2D eigenvalue weighted by atomic mass is 9.83. The van der Waals surface area contributed by atoms with Crippen molar-refractivity contribution in [1.82, 2.24) is 4.72 Å². The third-order valence-corrected chi connectivity index (χ3v) is 4.19. The van der Waals surface area contributed by atoms with Gasteiger partial charge in [-0.15, -0.1) is 0 Å². The number of sulfonamides is 1. The molecule has 0 aliphatic heterocycles. The van der Waals surface area contributed by atoms with Crippen LogP contribution in [0.4, 0.5) is 0 Å². The van der Waals surface area contributed by atoms with Gasteiger partial charge in [0.15, 0.2) is 0 Å². The van der Waals surface area contributed by atoms with Crippen LogP contribution in [-0.4, -0.2) is 14.5 Å². The largest absolute Gasteiger partial charge is 0.447 e. The number of nitrogens with one attached hydrogen (secondary N) is 1. The van der Waals surface area contributed by atoms with Gasteiger partial charge in [-0.2, -0.15) is 0 Å². The van der Waals surface area contributed by atoms with E-state index in [0.717, 1.165) is 12.8 Å². The van der Waals surface area contributed by atoms with Crippen molar-refractivity contribution in [1.29, 1.82) is 0 Å². The van der Waals surface area contributed by atoms with E-state index in [1.54, 1.807) is 6.07 Å². The number of rotatable bonds is 4. The van der Waals surface area contributed by atoms with Gasteiger partial charge in [0.25, 0.3) is 10.0 Å². The molecule has 1 heterocycles. The molecule has 6 heteroatoms. The minimum absolute atomic E-state index is 0.0476. The van der Waals surface area contributed by atoms with Crippen molar-refractivity contribution in [3.8, 4) is 0 Å². The summed E-state index contributed by atoms with van der Waals surface area (Å²) >= 11 is 0. The molecule has 0 atom stereocenters. The summed E-state index contributed by atoms with van der Waals surface area (Å²) in [6.45, 7) is 2.31. The molecule has 0 spiro atoms. The van der Waals surface area contributed by atoms with Crippen molar-refractivity contribution < 1.29 is 12.8 Å². The van der Waals surface area contributed by atoms with E-state index in [2.05, 4.69) is 11.6 Å². The molecule has 90 valence electrons. The first-order valence-electron chi connectivity index (χ1n) is 5.32. The second-order valence-electron chi connectivity index (χ2n) is 4.32. The molecule has 3 N–H and O–H groups in total. The third-order valence-electron chi connectivity index (χ3n) is 2.80. The zero-order valence-corrected chi connectivity index (χ0v) is 9.96. The Bertz CT molecular complexity index is 460. The predicted molar refractivity (Wildman–Crippen MR) is 59.1 cm³/mol. The molecule has 1 aliphatic carbocycles. The summed E-state index contributed by atoms with van der Waals surface area (Å²) in [5.41, 5.74) is 5.35. The molecule has 0 unspecified atom stereocenters. The predicted octanol–water partition coefficient (Wildman–Crippen LogP) is 0.815. The summed E-state index contributed by atoms with van der Waals surface area (Å²) in [5, 5.41) is -0.0486. The highest BCUT2D eigenvalue weighted by Crippen LogP contribution is 2.28. The topological polar surface area (TPSA) is 85.3 Å². The maximum Gasteiger partial charge on any atom is 0.274 e. The van der Waals surface area contributed by atoms with Gasteiger partial charge >= 0.3 is 0 Å². The van der Waals surface area contributed by atoms with E-state index in [1.165, 1.54) is 6.07 Å². The number of hydrogen-bond donors (Lipinski definition) is 2. The summed E-state index contributed by atoms with van der Waals surface area (Å²) in [4.78, 5) is 0. The Morgan fingerprint density at radius 3 is 2.69 bits per heavy atom. The average molecular weight is 244 g/mol. The first kappa shape index (κ1) is 11.6. The van der Waals surface area contributed by atoms with Crippen molar-refractivity contribution >= 4 is 10.0 Å². The third kappa shape index (κ3) is 2.28. The Hall–Kier alpha value is -0.850. The average Bonchev–Trinajstić information content (AvgIpc) is 2.63. The molecule has 1 aromatic heterocycles. The van der Waals surface area contributed by atoms with Crippen LogP contribution in [0.3, 0.4) is 0 Å². The van der Waals surface area contributed by atoms with Gasteiger partial charge in [0.1, 0.15) is 5.76 Å². The van der Waals surface area contributed by atoms with Gasteiger partial charge in [-0.05, 0) is 30.9 Å². The molecule has 1 fully saturated rings. The molecular weight excluding hydrogens is 228 g/mol. The van der Waals surface area contributed by atoms with Crippen molar-refractivity contribution in [3.63, 3.8) is 0 Å². The molecular formula is C10H16N2O3S. The fourth-order valence-electron chi connectivity index (χ4n) is 1.89. The molecule has 0 radical (unpaired) electrons. The molecule has 0 amide bonds. The molecule has 1 saturated carbocycles. The van der Waals surface area contributed by atoms with Crippen molar-refractivity contribution in [3.05, 3.63) is 17.9 Å². The van der Waals surface area contributed by atoms with Crippen LogP contribution in [0.2, 0.25) is 0 Å². The number of furan rings is 1. The van der Waals surface area contributed by atoms with Gasteiger partial charge in [0, 0.05) is 6.04 Å². The van der Waals surface area contributed by atoms with Gasteiger partial charge in [0.2, 0.25) is 5.09 Å². The van der Waals surface area contributed by atoms with Crippen molar-refractivity contribution in [2.45, 2.75) is 37.4 Å². The molecule has 1 aromatic rings. The SMILES string of the molecule is CC1CC(NS(=O)(=O)c2ccc(CN)o2)C1. The van der Waals surface area contributed by atoms with Gasteiger partial charge in [-0.1, -0.05) is 6.92 Å². The summed E-state index contributed by atoms with van der Waals surface area (Å²) < 4.78 is 31.4. The summed E-state index contributed by atoms with van der Waals surface area (Å²) in [7, 11) is -3.51. The quantitative estimate of drug-likeness (QED) is 0.821. The van der Waals surface area contributed by atoms with E-state index in [-0.39, 0.29) is 17.7 Å². The maximum atomic E-state index is 11.8. The Morgan fingerprint density at radius 2 is 2.19 bits per heavy atom. The smallest absolute Gasteiger partial charge is 0.274 e. The summed E-state index contributed by atoms with van der Waals surface area (Å²) in [5.74, 6) is 1.08. The van der Waals surface area contributed by atoms with E-state index < -0.39 is 10.0 Å². The van der Waals surface area contributed by atoms with Crippen molar-refractivity contribution in [2.24, 2.45) is 11.7 Å². The van der Waals surface area contributed by atoms with Crippen LogP contribution in [0.15, 0.2) is 21.6 Å². The Balaban J connectivity index is 2.06. The fraction of sp³-hybridized carbons (Fsp3) is 0.600. The molecule has 2 rings (SSSR count). The van der Waals surface area contributed by atoms with Gasteiger partial charge in [-0.25, -0.2) is 13.1 Å². The van der Waals surface area contributed by atoms with Crippen LogP contribution >= 0.6 is 0 Å². The van der Waals surface area contributed by atoms with Crippen LogP contribution in [0, 0.1) is 5.92 Å². The molecule has 0 bridgehead atoms. The lowest BCUT2D eigenvalue weighted by molar-refractivity contribution is 0.268. The van der Waals surface area contributed by atoms with Crippen LogP contribution in [-0.2, 0) is 16.6 Å². The highest BCUT2D eigenvalue weighted by atomic mass is 32.2. The molecule has 1 aliphatic rings. The van der Waals surface area contributed by atoms with E-state index >= 15 is 0 Å². The number of hydrogen-bond acceptors (Lipinski definition) is 4. The zero-order valence-electron chi connectivity index (χ0n) is 9.14. The number of nitrogens with two attached hydrogens (primary N) is 1. The maximum absolute atomic E-state index is 11.8. The second-order valence-corrected chi connectivity index (χ2v) is 5.96. The summed E-state index contributed by atoms with van der Waals surface area (Å²) in [6, 6.07) is 3.07. The fourth-order valence-corrected chi connectivity index (χ4v) is 3.10. The lowest BCUT2D eigenvalue weighted by Gasteiger charge is -2.32. The van der Waals surface area contributed by atoms with E-state index in [9.17, 15) is 8.42 Å². The standard InChI is InChI=1S/C10H16N2O3S/c1-7-4-8(5-7)12-16(13,14)10-3-2-9(6-11)15-10/h2-3,7-8,12H,4-6,11H2,1H3. The highest BCUT2D eigenvalue weighted by Gasteiger charge is 2.31. The van der Waals surface area contributed by atoms with E-state index in [4.69, 9.17) is 10.2 Å². The normalized spacial score (nSPS) is 25.4. The molecule has 16 heavy (non-hydrogen) atoms. The van der Waals surface area contributed by atoms with Crippen molar-refractivity contribution in [2.75, 3.05) is 0 Å². The highest BCUT2D eigenvalue weighted by molar-refractivity contribution is 7.89. The van der Waals surface area contributed by atoms with E-state index in [1.807, 2.05) is 0 Å². The lowest BCUT2D eigenvalue weighted by Crippen LogP contribution is -2.43. The minimum atomic E-state index is -3.51. The second kappa shape index (κ2) is 4.20. The zero-order chi connectivity index (χ0) is 11.8.